The number of nitrogens with zero attached hydrogens (tertiary/aromatic N) is 3. The van der Waals surface area contributed by atoms with E-state index in [1.54, 1.807) is 14.0 Å². The van der Waals surface area contributed by atoms with E-state index in [0.29, 0.717) is 11.0 Å². The smallest absolute Gasteiger partial charge is 0.237 e. The van der Waals surface area contributed by atoms with Gasteiger partial charge in [-0.05, 0) is 49.7 Å². The summed E-state index contributed by atoms with van der Waals surface area (Å²) in [6.07, 6.45) is 0. The maximum atomic E-state index is 12.5. The van der Waals surface area contributed by atoms with Gasteiger partial charge in [-0.15, -0.1) is 10.2 Å². The van der Waals surface area contributed by atoms with Gasteiger partial charge in [-0.25, -0.2) is 4.68 Å². The summed E-state index contributed by atoms with van der Waals surface area (Å²) < 4.78 is 6.55. The third kappa shape index (κ3) is 4.22. The molecule has 3 aromatic rings. The molecular weight excluding hydrogens is 362 g/mol. The summed E-state index contributed by atoms with van der Waals surface area (Å²) in [6, 6.07) is 15.0. The third-order valence-electron chi connectivity index (χ3n) is 4.07. The Morgan fingerprint density at radius 3 is 2.56 bits per heavy atom. The van der Waals surface area contributed by atoms with Crippen molar-refractivity contribution in [1.29, 1.82) is 0 Å². The van der Waals surface area contributed by atoms with Crippen LogP contribution in [-0.2, 0) is 4.79 Å². The van der Waals surface area contributed by atoms with Gasteiger partial charge in [0, 0.05) is 11.3 Å². The quantitative estimate of drug-likeness (QED) is 0.502. The van der Waals surface area contributed by atoms with Gasteiger partial charge in [-0.1, -0.05) is 30.0 Å². The second kappa shape index (κ2) is 8.13. The van der Waals surface area contributed by atoms with Crippen LogP contribution in [0.15, 0.2) is 53.7 Å². The van der Waals surface area contributed by atoms with Crippen molar-refractivity contribution in [1.82, 2.24) is 14.9 Å². The van der Waals surface area contributed by atoms with Crippen molar-refractivity contribution in [2.45, 2.75) is 24.3 Å². The van der Waals surface area contributed by atoms with Crippen LogP contribution in [0.3, 0.4) is 0 Å². The van der Waals surface area contributed by atoms with Gasteiger partial charge in [0.25, 0.3) is 0 Å². The van der Waals surface area contributed by atoms with E-state index in [-0.39, 0.29) is 11.2 Å². The predicted octanol–water partition coefficient (Wildman–Crippen LogP) is 3.10. The summed E-state index contributed by atoms with van der Waals surface area (Å²) in [4.78, 5) is 12.5. The lowest BCUT2D eigenvalue weighted by Gasteiger charge is -2.13. The zero-order chi connectivity index (χ0) is 19.4. The van der Waals surface area contributed by atoms with E-state index >= 15 is 0 Å². The first-order chi connectivity index (χ1) is 13.0. The lowest BCUT2D eigenvalue weighted by molar-refractivity contribution is -0.115. The van der Waals surface area contributed by atoms with Gasteiger partial charge in [-0.2, -0.15) is 0 Å². The maximum absolute atomic E-state index is 12.5. The molecule has 140 valence electrons. The third-order valence-corrected chi connectivity index (χ3v) is 5.12. The normalized spacial score (nSPS) is 11.8. The molecule has 0 saturated heterocycles. The number of nitrogens with two attached hydrogens (primary N) is 1. The van der Waals surface area contributed by atoms with Crippen LogP contribution in [0.1, 0.15) is 12.5 Å². The summed E-state index contributed by atoms with van der Waals surface area (Å²) in [6.45, 7) is 3.76. The summed E-state index contributed by atoms with van der Waals surface area (Å²) >= 11 is 1.25. The fraction of sp³-hybridized carbons (Fsp3) is 0.211. The molecule has 1 unspecified atom stereocenters. The summed E-state index contributed by atoms with van der Waals surface area (Å²) in [5.41, 5.74) is 2.62. The van der Waals surface area contributed by atoms with E-state index in [0.717, 1.165) is 22.6 Å². The molecular formula is C19H21N5O2S. The van der Waals surface area contributed by atoms with Crippen molar-refractivity contribution in [2.75, 3.05) is 18.3 Å². The summed E-state index contributed by atoms with van der Waals surface area (Å²) in [5.74, 6) is 7.29. The molecule has 0 aliphatic heterocycles. The van der Waals surface area contributed by atoms with Crippen LogP contribution in [0.5, 0.6) is 5.75 Å². The average molecular weight is 383 g/mol. The number of para-hydroxylation sites is 1. The first kappa shape index (κ1) is 18.8. The number of hydrogen-bond donors (Lipinski definition) is 2. The van der Waals surface area contributed by atoms with Crippen molar-refractivity contribution in [3.63, 3.8) is 0 Å². The minimum atomic E-state index is -0.389. The first-order valence-corrected chi connectivity index (χ1v) is 9.25. The molecule has 0 radical (unpaired) electrons. The monoisotopic (exact) mass is 383 g/mol. The van der Waals surface area contributed by atoms with Gasteiger partial charge in [-0.3, -0.25) is 4.79 Å². The molecule has 0 fully saturated rings. The van der Waals surface area contributed by atoms with Crippen LogP contribution in [0.2, 0.25) is 0 Å². The molecule has 1 amide bonds. The standard InChI is InChI=1S/C19H21N5O2S/c1-12-6-4-5-7-16(12)21-18(25)13(2)27-19-23-22-17(24(19)20)14-8-10-15(26-3)11-9-14/h4-11,13H,20H2,1-3H3,(H,21,25). The number of amides is 1. The Labute approximate surface area is 161 Å². The Hall–Kier alpha value is -3.00. The number of aryl methyl sites for hydroxylation is 1. The van der Waals surface area contributed by atoms with Crippen LogP contribution >= 0.6 is 11.8 Å². The van der Waals surface area contributed by atoms with E-state index in [9.17, 15) is 4.79 Å². The van der Waals surface area contributed by atoms with Gasteiger partial charge in [0.05, 0.1) is 12.4 Å². The molecule has 1 atom stereocenters. The number of carbonyl (C=O) groups is 1. The first-order valence-electron chi connectivity index (χ1n) is 8.37. The van der Waals surface area contributed by atoms with Crippen LogP contribution in [0, 0.1) is 6.92 Å². The highest BCUT2D eigenvalue weighted by Crippen LogP contribution is 2.26. The van der Waals surface area contributed by atoms with Crippen LogP contribution in [0.25, 0.3) is 11.4 Å². The lowest BCUT2D eigenvalue weighted by Crippen LogP contribution is -2.24. The van der Waals surface area contributed by atoms with Gasteiger partial charge in [0.1, 0.15) is 5.75 Å². The van der Waals surface area contributed by atoms with Gasteiger partial charge >= 0.3 is 0 Å². The predicted molar refractivity (Wildman–Crippen MR) is 107 cm³/mol. The maximum Gasteiger partial charge on any atom is 0.237 e. The second-order valence-electron chi connectivity index (χ2n) is 5.97. The Kier molecular flexibility index (Phi) is 5.66. The molecule has 27 heavy (non-hydrogen) atoms. The highest BCUT2D eigenvalue weighted by Gasteiger charge is 2.20. The molecule has 3 N–H and O–H groups in total. The van der Waals surface area contributed by atoms with E-state index in [1.807, 2.05) is 55.5 Å². The van der Waals surface area contributed by atoms with E-state index in [4.69, 9.17) is 10.6 Å². The number of benzene rings is 2. The molecule has 0 aliphatic carbocycles. The van der Waals surface area contributed by atoms with Crippen LogP contribution in [-0.4, -0.2) is 33.1 Å². The van der Waals surface area contributed by atoms with Gasteiger partial charge in [0.15, 0.2) is 5.82 Å². The lowest BCUT2D eigenvalue weighted by atomic mass is 10.2. The zero-order valence-electron chi connectivity index (χ0n) is 15.3. The molecule has 0 saturated carbocycles. The number of methoxy groups -OCH3 is 1. The van der Waals surface area contributed by atoms with Crippen LogP contribution in [0.4, 0.5) is 5.69 Å². The molecule has 0 aliphatic rings. The molecule has 1 heterocycles. The number of thioether (sulfide) groups is 1. The zero-order valence-corrected chi connectivity index (χ0v) is 16.2. The van der Waals surface area contributed by atoms with Crippen molar-refractivity contribution in [3.8, 4) is 17.1 Å². The number of nitrogen functional groups attached to an aromatic ring is 1. The molecule has 8 heteroatoms. The van der Waals surface area contributed by atoms with Gasteiger partial charge in [0.2, 0.25) is 11.1 Å². The number of nitrogens with one attached hydrogen (secondary N) is 1. The van der Waals surface area contributed by atoms with E-state index < -0.39 is 0 Å². The minimum Gasteiger partial charge on any atom is -0.497 e. The van der Waals surface area contributed by atoms with Gasteiger partial charge < -0.3 is 15.9 Å². The van der Waals surface area contributed by atoms with Crippen LogP contribution < -0.4 is 15.9 Å². The highest BCUT2D eigenvalue weighted by atomic mass is 32.2. The SMILES string of the molecule is COc1ccc(-c2nnc(SC(C)C(=O)Nc3ccccc3C)n2N)cc1. The summed E-state index contributed by atoms with van der Waals surface area (Å²) in [7, 11) is 1.61. The van der Waals surface area contributed by atoms with Crippen molar-refractivity contribution in [2.24, 2.45) is 0 Å². The number of rotatable bonds is 6. The number of anilines is 1. The Bertz CT molecular complexity index is 940. The van der Waals surface area contributed by atoms with E-state index in [2.05, 4.69) is 15.5 Å². The molecule has 7 nitrogen and oxygen atoms in total. The van der Waals surface area contributed by atoms with E-state index in [1.165, 1.54) is 16.4 Å². The fourth-order valence-electron chi connectivity index (χ4n) is 2.45. The summed E-state index contributed by atoms with van der Waals surface area (Å²) in [5, 5.41) is 11.3. The second-order valence-corrected chi connectivity index (χ2v) is 7.28. The molecule has 2 aromatic carbocycles. The number of ether oxygens (including phenoxy) is 1. The molecule has 1 aromatic heterocycles. The van der Waals surface area contributed by atoms with Crippen molar-refractivity contribution < 1.29 is 9.53 Å². The minimum absolute atomic E-state index is 0.122. The highest BCUT2D eigenvalue weighted by molar-refractivity contribution is 8.00. The number of aromatic nitrogens is 3. The molecule has 0 bridgehead atoms. The van der Waals surface area contributed by atoms with Crippen molar-refractivity contribution >= 4 is 23.4 Å². The number of hydrogen-bond acceptors (Lipinski definition) is 6. The van der Waals surface area contributed by atoms with Crippen molar-refractivity contribution in [3.05, 3.63) is 54.1 Å². The Balaban J connectivity index is 1.71. The number of carbonyl (C=O) groups excluding carboxylic acids is 1. The fourth-order valence-corrected chi connectivity index (χ4v) is 3.22. The topological polar surface area (TPSA) is 95.1 Å². The largest absolute Gasteiger partial charge is 0.497 e. The molecule has 0 spiro atoms. The average Bonchev–Trinajstić information content (AvgIpc) is 3.04. The Morgan fingerprint density at radius 1 is 1.19 bits per heavy atom. The Morgan fingerprint density at radius 2 is 1.89 bits per heavy atom. The molecule has 3 rings (SSSR count).